The summed E-state index contributed by atoms with van der Waals surface area (Å²) < 4.78 is 6.03. The van der Waals surface area contributed by atoms with E-state index in [1.807, 2.05) is 36.9 Å². The van der Waals surface area contributed by atoms with E-state index in [0.29, 0.717) is 0 Å². The van der Waals surface area contributed by atoms with Crippen LogP contribution in [0.3, 0.4) is 0 Å². The molecule has 2 aliphatic rings. The highest BCUT2D eigenvalue weighted by molar-refractivity contribution is 5.77. The fourth-order valence-electron chi connectivity index (χ4n) is 3.34. The van der Waals surface area contributed by atoms with Crippen molar-refractivity contribution >= 4 is 5.97 Å². The van der Waals surface area contributed by atoms with Crippen molar-refractivity contribution in [3.05, 3.63) is 29.3 Å². The Morgan fingerprint density at radius 2 is 2.05 bits per heavy atom. The number of carboxylic acid groups (broad SMARTS) is 1. The normalized spacial score (nSPS) is 22.3. The summed E-state index contributed by atoms with van der Waals surface area (Å²) in [5.74, 6) is 0.00501. The zero-order chi connectivity index (χ0) is 14.3. The fourth-order valence-corrected chi connectivity index (χ4v) is 3.34. The first-order valence-corrected chi connectivity index (χ1v) is 7.26. The minimum Gasteiger partial charge on any atom is -0.487 e. The van der Waals surface area contributed by atoms with Gasteiger partial charge in [-0.25, -0.2) is 0 Å². The summed E-state index contributed by atoms with van der Waals surface area (Å²) in [7, 11) is 0. The molecule has 1 saturated heterocycles. The van der Waals surface area contributed by atoms with Crippen LogP contribution in [0.15, 0.2) is 18.2 Å². The molecule has 108 valence electrons. The number of rotatable bonds is 3. The van der Waals surface area contributed by atoms with Crippen molar-refractivity contribution in [3.8, 4) is 5.75 Å². The smallest absolute Gasteiger partial charge is 0.325 e. The third-order valence-corrected chi connectivity index (χ3v) is 4.16. The van der Waals surface area contributed by atoms with Gasteiger partial charge in [-0.2, -0.15) is 0 Å². The monoisotopic (exact) mass is 275 g/mol. The molecule has 4 nitrogen and oxygen atoms in total. The third kappa shape index (κ3) is 2.29. The first kappa shape index (κ1) is 13.4. The fraction of sp³-hybridized carbons (Fsp3) is 0.562. The minimum atomic E-state index is -0.784. The van der Waals surface area contributed by atoms with E-state index in [0.717, 1.165) is 49.2 Å². The molecule has 0 amide bonds. The van der Waals surface area contributed by atoms with Crippen molar-refractivity contribution in [1.29, 1.82) is 0 Å². The second-order valence-electron chi connectivity index (χ2n) is 6.36. The highest BCUT2D eigenvalue weighted by Gasteiger charge is 2.37. The van der Waals surface area contributed by atoms with Crippen molar-refractivity contribution in [1.82, 2.24) is 4.90 Å². The molecular weight excluding hydrogens is 254 g/mol. The molecule has 1 N–H and O–H groups in total. The SMILES string of the molecule is CC1(C)Cc2cccc(C(C(=O)O)N3CCCC3)c2O1. The van der Waals surface area contributed by atoms with E-state index < -0.39 is 12.0 Å². The number of nitrogens with zero attached hydrogens (tertiary/aromatic N) is 1. The Morgan fingerprint density at radius 1 is 1.35 bits per heavy atom. The Bertz CT molecular complexity index is 533. The summed E-state index contributed by atoms with van der Waals surface area (Å²) in [5, 5.41) is 9.65. The number of hydrogen-bond acceptors (Lipinski definition) is 3. The molecule has 1 fully saturated rings. The van der Waals surface area contributed by atoms with E-state index in [2.05, 4.69) is 0 Å². The Labute approximate surface area is 119 Å². The van der Waals surface area contributed by atoms with Gasteiger partial charge in [0.25, 0.3) is 0 Å². The van der Waals surface area contributed by atoms with Crippen LogP contribution in [-0.4, -0.2) is 34.7 Å². The molecule has 3 rings (SSSR count). The van der Waals surface area contributed by atoms with Gasteiger partial charge in [0.05, 0.1) is 0 Å². The van der Waals surface area contributed by atoms with E-state index in [1.54, 1.807) is 0 Å². The molecular formula is C16H21NO3. The van der Waals surface area contributed by atoms with Crippen LogP contribution in [0.5, 0.6) is 5.75 Å². The maximum Gasteiger partial charge on any atom is 0.325 e. The predicted molar refractivity (Wildman–Crippen MR) is 76.0 cm³/mol. The van der Waals surface area contributed by atoms with Gasteiger partial charge in [-0.1, -0.05) is 18.2 Å². The number of fused-ring (bicyclic) bond motifs is 1. The molecule has 0 spiro atoms. The molecule has 1 aromatic carbocycles. The van der Waals surface area contributed by atoms with Gasteiger partial charge in [0.2, 0.25) is 0 Å². The van der Waals surface area contributed by atoms with E-state index in [1.165, 1.54) is 0 Å². The summed E-state index contributed by atoms with van der Waals surface area (Å²) in [6.45, 7) is 5.79. The largest absolute Gasteiger partial charge is 0.487 e. The first-order valence-electron chi connectivity index (χ1n) is 7.26. The molecule has 0 saturated carbocycles. The van der Waals surface area contributed by atoms with Gasteiger partial charge >= 0.3 is 5.97 Å². The lowest BCUT2D eigenvalue weighted by Crippen LogP contribution is -2.32. The number of aliphatic carboxylic acids is 1. The Hall–Kier alpha value is -1.55. The van der Waals surface area contributed by atoms with Gasteiger partial charge in [-0.15, -0.1) is 0 Å². The predicted octanol–water partition coefficient (Wildman–Crippen LogP) is 2.62. The highest BCUT2D eigenvalue weighted by atomic mass is 16.5. The van der Waals surface area contributed by atoms with Crippen LogP contribution in [-0.2, 0) is 11.2 Å². The summed E-state index contributed by atoms with van der Waals surface area (Å²) >= 11 is 0. The van der Waals surface area contributed by atoms with E-state index in [9.17, 15) is 9.90 Å². The van der Waals surface area contributed by atoms with Gasteiger partial charge in [0, 0.05) is 12.0 Å². The summed E-state index contributed by atoms with van der Waals surface area (Å²) in [4.78, 5) is 13.8. The van der Waals surface area contributed by atoms with Gasteiger partial charge < -0.3 is 9.84 Å². The molecule has 2 heterocycles. The lowest BCUT2D eigenvalue weighted by molar-refractivity contribution is -0.143. The van der Waals surface area contributed by atoms with Crippen LogP contribution >= 0.6 is 0 Å². The molecule has 2 aliphatic heterocycles. The van der Waals surface area contributed by atoms with Crippen LogP contribution in [0.25, 0.3) is 0 Å². The zero-order valence-electron chi connectivity index (χ0n) is 12.1. The number of likely N-dealkylation sites (tertiary alicyclic amines) is 1. The van der Waals surface area contributed by atoms with Crippen molar-refractivity contribution in [2.24, 2.45) is 0 Å². The molecule has 20 heavy (non-hydrogen) atoms. The lowest BCUT2D eigenvalue weighted by atomic mass is 9.97. The number of hydrogen-bond donors (Lipinski definition) is 1. The maximum absolute atomic E-state index is 11.8. The Kier molecular flexibility index (Phi) is 3.21. The van der Waals surface area contributed by atoms with E-state index in [-0.39, 0.29) is 5.60 Å². The molecule has 4 heteroatoms. The quantitative estimate of drug-likeness (QED) is 0.921. The van der Waals surface area contributed by atoms with Crippen molar-refractivity contribution in [2.75, 3.05) is 13.1 Å². The topological polar surface area (TPSA) is 49.8 Å². The standard InChI is InChI=1S/C16H21NO3/c1-16(2)10-11-6-5-7-12(14(11)20-16)13(15(18)19)17-8-3-4-9-17/h5-7,13H,3-4,8-10H2,1-2H3,(H,18,19). The average molecular weight is 275 g/mol. The van der Waals surface area contributed by atoms with Crippen molar-refractivity contribution < 1.29 is 14.6 Å². The van der Waals surface area contributed by atoms with Crippen molar-refractivity contribution in [2.45, 2.75) is 44.8 Å². The average Bonchev–Trinajstić information content (AvgIpc) is 2.95. The zero-order valence-corrected chi connectivity index (χ0v) is 12.1. The van der Waals surface area contributed by atoms with E-state index >= 15 is 0 Å². The van der Waals surface area contributed by atoms with Gasteiger partial charge in [0.1, 0.15) is 17.4 Å². The number of para-hydroxylation sites is 1. The Balaban J connectivity index is 2.01. The number of ether oxygens (including phenoxy) is 1. The number of benzene rings is 1. The summed E-state index contributed by atoms with van der Waals surface area (Å²) in [6, 6.07) is 5.31. The maximum atomic E-state index is 11.8. The molecule has 0 bridgehead atoms. The minimum absolute atomic E-state index is 0.244. The van der Waals surface area contributed by atoms with Crippen LogP contribution in [0.4, 0.5) is 0 Å². The van der Waals surface area contributed by atoms with Crippen LogP contribution in [0, 0.1) is 0 Å². The van der Waals surface area contributed by atoms with Crippen LogP contribution in [0.2, 0.25) is 0 Å². The highest BCUT2D eigenvalue weighted by Crippen LogP contribution is 2.42. The summed E-state index contributed by atoms with van der Waals surface area (Å²) in [6.07, 6.45) is 2.98. The van der Waals surface area contributed by atoms with Crippen LogP contribution < -0.4 is 4.74 Å². The molecule has 1 unspecified atom stereocenters. The molecule has 1 aromatic rings. The van der Waals surface area contributed by atoms with Gasteiger partial charge in [0.15, 0.2) is 0 Å². The molecule has 0 radical (unpaired) electrons. The number of carbonyl (C=O) groups is 1. The second-order valence-corrected chi connectivity index (χ2v) is 6.36. The van der Waals surface area contributed by atoms with Crippen molar-refractivity contribution in [3.63, 3.8) is 0 Å². The lowest BCUT2D eigenvalue weighted by Gasteiger charge is -2.26. The third-order valence-electron chi connectivity index (χ3n) is 4.16. The molecule has 0 aliphatic carbocycles. The van der Waals surface area contributed by atoms with Gasteiger partial charge in [-0.05, 0) is 45.3 Å². The first-order chi connectivity index (χ1) is 9.48. The number of carboxylic acids is 1. The second kappa shape index (κ2) is 4.77. The van der Waals surface area contributed by atoms with Crippen LogP contribution in [0.1, 0.15) is 43.9 Å². The molecule has 0 aromatic heterocycles. The van der Waals surface area contributed by atoms with Gasteiger partial charge in [-0.3, -0.25) is 9.69 Å². The Morgan fingerprint density at radius 3 is 2.70 bits per heavy atom. The van der Waals surface area contributed by atoms with E-state index in [4.69, 9.17) is 4.74 Å². The molecule has 1 atom stereocenters. The summed E-state index contributed by atoms with van der Waals surface area (Å²) in [5.41, 5.74) is 1.69.